The fourth-order valence-electron chi connectivity index (χ4n) is 2.44. The Bertz CT molecular complexity index is 592. The SMILES string of the molecule is COc1ccc2c(c1)O[C@H](c1cccc(O)c1)CC2. The number of aromatic hydroxyl groups is 1. The van der Waals surface area contributed by atoms with Crippen molar-refractivity contribution in [1.29, 1.82) is 0 Å². The molecule has 1 N–H and O–H groups in total. The molecule has 0 spiro atoms. The van der Waals surface area contributed by atoms with Crippen LogP contribution in [0.3, 0.4) is 0 Å². The van der Waals surface area contributed by atoms with Gasteiger partial charge in [-0.25, -0.2) is 0 Å². The molecule has 0 unspecified atom stereocenters. The molecule has 3 heteroatoms. The van der Waals surface area contributed by atoms with E-state index in [1.165, 1.54) is 5.56 Å². The highest BCUT2D eigenvalue weighted by Gasteiger charge is 2.21. The summed E-state index contributed by atoms with van der Waals surface area (Å²) in [5.41, 5.74) is 2.21. The third-order valence-electron chi connectivity index (χ3n) is 3.46. The Kier molecular flexibility index (Phi) is 3.03. The van der Waals surface area contributed by atoms with E-state index in [9.17, 15) is 5.11 Å². The van der Waals surface area contributed by atoms with Crippen LogP contribution in [-0.4, -0.2) is 12.2 Å². The number of hydrogen-bond acceptors (Lipinski definition) is 3. The summed E-state index contributed by atoms with van der Waals surface area (Å²) in [4.78, 5) is 0. The van der Waals surface area contributed by atoms with Crippen molar-refractivity contribution in [1.82, 2.24) is 0 Å². The fourth-order valence-corrected chi connectivity index (χ4v) is 2.44. The lowest BCUT2D eigenvalue weighted by Crippen LogP contribution is -2.15. The second-order valence-electron chi connectivity index (χ2n) is 4.71. The Morgan fingerprint density at radius 2 is 2.11 bits per heavy atom. The highest BCUT2D eigenvalue weighted by atomic mass is 16.5. The molecule has 2 aromatic rings. The number of ether oxygens (including phenoxy) is 2. The van der Waals surface area contributed by atoms with Gasteiger partial charge in [-0.05, 0) is 42.2 Å². The minimum atomic E-state index is -0.00768. The van der Waals surface area contributed by atoms with Gasteiger partial charge in [0, 0.05) is 6.07 Å². The van der Waals surface area contributed by atoms with Crippen molar-refractivity contribution in [3.8, 4) is 17.2 Å². The topological polar surface area (TPSA) is 38.7 Å². The molecule has 0 radical (unpaired) electrons. The van der Waals surface area contributed by atoms with Crippen molar-refractivity contribution in [2.24, 2.45) is 0 Å². The van der Waals surface area contributed by atoms with Crippen molar-refractivity contribution < 1.29 is 14.6 Å². The Morgan fingerprint density at radius 1 is 1.21 bits per heavy atom. The van der Waals surface area contributed by atoms with E-state index in [2.05, 4.69) is 0 Å². The number of hydrogen-bond donors (Lipinski definition) is 1. The van der Waals surface area contributed by atoms with E-state index in [4.69, 9.17) is 9.47 Å². The number of benzene rings is 2. The first kappa shape index (κ1) is 11.9. The molecule has 0 saturated heterocycles. The molecule has 0 saturated carbocycles. The second kappa shape index (κ2) is 4.84. The Hall–Kier alpha value is -2.16. The van der Waals surface area contributed by atoms with Crippen molar-refractivity contribution in [3.63, 3.8) is 0 Å². The van der Waals surface area contributed by atoms with Gasteiger partial charge >= 0.3 is 0 Å². The molecule has 0 aliphatic carbocycles. The lowest BCUT2D eigenvalue weighted by atomic mass is 9.97. The first-order valence-corrected chi connectivity index (χ1v) is 6.39. The van der Waals surface area contributed by atoms with E-state index in [0.29, 0.717) is 0 Å². The number of phenols is 1. The van der Waals surface area contributed by atoms with Crippen molar-refractivity contribution in [2.75, 3.05) is 7.11 Å². The largest absolute Gasteiger partial charge is 0.508 e. The van der Waals surface area contributed by atoms with E-state index in [-0.39, 0.29) is 11.9 Å². The van der Waals surface area contributed by atoms with E-state index in [1.54, 1.807) is 19.2 Å². The molecule has 98 valence electrons. The van der Waals surface area contributed by atoms with Crippen LogP contribution in [-0.2, 0) is 6.42 Å². The van der Waals surface area contributed by atoms with Crippen LogP contribution in [0.5, 0.6) is 17.2 Å². The standard InChI is InChI=1S/C16H16O3/c1-18-14-7-5-11-6-8-15(19-16(11)10-14)12-3-2-4-13(17)9-12/h2-5,7,9-10,15,17H,6,8H2,1H3/t15-/m0/s1. The lowest BCUT2D eigenvalue weighted by Gasteiger charge is -2.26. The van der Waals surface area contributed by atoms with Crippen LogP contribution in [0, 0.1) is 0 Å². The number of fused-ring (bicyclic) bond motifs is 1. The van der Waals surface area contributed by atoms with Crippen molar-refractivity contribution in [2.45, 2.75) is 18.9 Å². The quantitative estimate of drug-likeness (QED) is 0.894. The molecule has 3 rings (SSSR count). The molecule has 1 heterocycles. The maximum atomic E-state index is 9.55. The molecule has 0 bridgehead atoms. The summed E-state index contributed by atoms with van der Waals surface area (Å²) in [5.74, 6) is 1.95. The molecule has 1 aliphatic heterocycles. The average Bonchev–Trinajstić information content (AvgIpc) is 2.46. The van der Waals surface area contributed by atoms with Gasteiger partial charge in [0.1, 0.15) is 23.4 Å². The van der Waals surface area contributed by atoms with E-state index in [1.807, 2.05) is 30.3 Å². The summed E-state index contributed by atoms with van der Waals surface area (Å²) < 4.78 is 11.2. The third kappa shape index (κ3) is 2.36. The number of methoxy groups -OCH3 is 1. The van der Waals surface area contributed by atoms with Gasteiger partial charge in [-0.2, -0.15) is 0 Å². The smallest absolute Gasteiger partial charge is 0.127 e. The molecular weight excluding hydrogens is 240 g/mol. The molecule has 1 atom stereocenters. The molecule has 1 aliphatic rings. The summed E-state index contributed by atoms with van der Waals surface area (Å²) in [6, 6.07) is 13.2. The molecule has 0 fully saturated rings. The Morgan fingerprint density at radius 3 is 2.89 bits per heavy atom. The van der Waals surface area contributed by atoms with Gasteiger partial charge in [0.15, 0.2) is 0 Å². The predicted molar refractivity (Wildman–Crippen MR) is 72.8 cm³/mol. The summed E-state index contributed by atoms with van der Waals surface area (Å²) in [7, 11) is 1.65. The first-order chi connectivity index (χ1) is 9.26. The molecule has 0 aromatic heterocycles. The van der Waals surface area contributed by atoms with Crippen LogP contribution < -0.4 is 9.47 Å². The lowest BCUT2D eigenvalue weighted by molar-refractivity contribution is 0.175. The number of rotatable bonds is 2. The van der Waals surface area contributed by atoms with E-state index >= 15 is 0 Å². The average molecular weight is 256 g/mol. The second-order valence-corrected chi connectivity index (χ2v) is 4.71. The minimum absolute atomic E-state index is 0.00768. The highest BCUT2D eigenvalue weighted by molar-refractivity contribution is 5.43. The van der Waals surface area contributed by atoms with Gasteiger partial charge in [0.2, 0.25) is 0 Å². The van der Waals surface area contributed by atoms with Crippen LogP contribution in [0.4, 0.5) is 0 Å². The van der Waals surface area contributed by atoms with Gasteiger partial charge in [0.25, 0.3) is 0 Å². The van der Waals surface area contributed by atoms with Crippen LogP contribution in [0.2, 0.25) is 0 Å². The van der Waals surface area contributed by atoms with Gasteiger partial charge in [-0.1, -0.05) is 18.2 Å². The van der Waals surface area contributed by atoms with Gasteiger partial charge in [-0.15, -0.1) is 0 Å². The van der Waals surface area contributed by atoms with Crippen LogP contribution in [0.25, 0.3) is 0 Å². The predicted octanol–water partition coefficient (Wildman–Crippen LogP) is 3.47. The summed E-state index contributed by atoms with van der Waals surface area (Å²) >= 11 is 0. The maximum Gasteiger partial charge on any atom is 0.127 e. The number of phenolic OH excluding ortho intramolecular Hbond substituents is 1. The zero-order valence-electron chi connectivity index (χ0n) is 10.8. The monoisotopic (exact) mass is 256 g/mol. The van der Waals surface area contributed by atoms with Crippen LogP contribution in [0.15, 0.2) is 42.5 Å². The van der Waals surface area contributed by atoms with E-state index in [0.717, 1.165) is 29.9 Å². The fraction of sp³-hybridized carbons (Fsp3) is 0.250. The van der Waals surface area contributed by atoms with Crippen LogP contribution >= 0.6 is 0 Å². The Balaban J connectivity index is 1.88. The van der Waals surface area contributed by atoms with Gasteiger partial charge < -0.3 is 14.6 Å². The van der Waals surface area contributed by atoms with Gasteiger partial charge in [0.05, 0.1) is 7.11 Å². The minimum Gasteiger partial charge on any atom is -0.508 e. The zero-order chi connectivity index (χ0) is 13.2. The molecule has 0 amide bonds. The van der Waals surface area contributed by atoms with Crippen LogP contribution in [0.1, 0.15) is 23.7 Å². The van der Waals surface area contributed by atoms with Gasteiger partial charge in [-0.3, -0.25) is 0 Å². The van der Waals surface area contributed by atoms with Crippen molar-refractivity contribution in [3.05, 3.63) is 53.6 Å². The summed E-state index contributed by atoms with van der Waals surface area (Å²) in [6.45, 7) is 0. The normalized spacial score (nSPS) is 17.4. The molecule has 3 nitrogen and oxygen atoms in total. The number of aryl methyl sites for hydroxylation is 1. The molecule has 2 aromatic carbocycles. The molecular formula is C16H16O3. The Labute approximate surface area is 112 Å². The zero-order valence-corrected chi connectivity index (χ0v) is 10.8. The van der Waals surface area contributed by atoms with Crippen molar-refractivity contribution >= 4 is 0 Å². The summed E-state index contributed by atoms with van der Waals surface area (Å²) in [5, 5.41) is 9.55. The first-order valence-electron chi connectivity index (χ1n) is 6.39. The molecule has 19 heavy (non-hydrogen) atoms. The maximum absolute atomic E-state index is 9.55. The highest BCUT2D eigenvalue weighted by Crippen LogP contribution is 2.37. The summed E-state index contributed by atoms with van der Waals surface area (Å²) in [6.07, 6.45) is 1.88. The third-order valence-corrected chi connectivity index (χ3v) is 3.46. The van der Waals surface area contributed by atoms with E-state index < -0.39 is 0 Å².